The van der Waals surface area contributed by atoms with Crippen LogP contribution < -0.4 is 4.74 Å². The summed E-state index contributed by atoms with van der Waals surface area (Å²) in [6.07, 6.45) is 0. The van der Waals surface area contributed by atoms with Crippen LogP contribution in [-0.2, 0) is 26.1 Å². The van der Waals surface area contributed by atoms with Crippen LogP contribution in [0, 0.1) is 0 Å². The Morgan fingerprint density at radius 3 is 2.38 bits per heavy atom. The summed E-state index contributed by atoms with van der Waals surface area (Å²) in [6, 6.07) is 11.3. The maximum absolute atomic E-state index is 12.6. The lowest BCUT2D eigenvalue weighted by molar-refractivity contribution is -0.0510. The van der Waals surface area contributed by atoms with Crippen molar-refractivity contribution in [3.8, 4) is 5.75 Å². The van der Waals surface area contributed by atoms with Crippen molar-refractivity contribution < 1.29 is 36.2 Å². The van der Waals surface area contributed by atoms with Crippen molar-refractivity contribution >= 4 is 16.0 Å². The normalized spacial score (nSPS) is 15.3. The van der Waals surface area contributed by atoms with Gasteiger partial charge in [-0.1, -0.05) is 18.2 Å². The molecule has 0 spiro atoms. The Balaban J connectivity index is 1.65. The molecule has 0 aromatic heterocycles. The van der Waals surface area contributed by atoms with Gasteiger partial charge in [-0.05, 0) is 30.3 Å². The number of esters is 1. The Bertz CT molecular complexity index is 943. The summed E-state index contributed by atoms with van der Waals surface area (Å²) in [6.45, 7) is -2.05. The third kappa shape index (κ3) is 5.28. The minimum Gasteiger partial charge on any atom is -0.457 e. The van der Waals surface area contributed by atoms with Gasteiger partial charge in [-0.15, -0.1) is 0 Å². The molecule has 2 aromatic rings. The summed E-state index contributed by atoms with van der Waals surface area (Å²) < 4.78 is 66.1. The van der Waals surface area contributed by atoms with Crippen LogP contribution in [0.25, 0.3) is 0 Å². The zero-order valence-corrected chi connectivity index (χ0v) is 16.1. The van der Waals surface area contributed by atoms with Gasteiger partial charge in [0.25, 0.3) is 0 Å². The Kier molecular flexibility index (Phi) is 6.78. The first kappa shape index (κ1) is 21.2. The second-order valence-corrected chi connectivity index (χ2v) is 8.04. The molecule has 10 heteroatoms. The largest absolute Gasteiger partial charge is 0.457 e. The molecule has 0 bridgehead atoms. The first-order valence-electron chi connectivity index (χ1n) is 8.76. The number of morpholine rings is 1. The summed E-state index contributed by atoms with van der Waals surface area (Å²) in [7, 11) is -3.66. The predicted octanol–water partition coefficient (Wildman–Crippen LogP) is 2.67. The molecule has 0 aliphatic carbocycles. The minimum atomic E-state index is -3.66. The highest BCUT2D eigenvalue weighted by Gasteiger charge is 2.26. The number of halogens is 2. The molecule has 1 aliphatic heterocycles. The van der Waals surface area contributed by atoms with Gasteiger partial charge in [-0.2, -0.15) is 13.1 Å². The van der Waals surface area contributed by atoms with Gasteiger partial charge in [-0.3, -0.25) is 0 Å². The molecule has 0 atom stereocenters. The fourth-order valence-corrected chi connectivity index (χ4v) is 4.17. The summed E-state index contributed by atoms with van der Waals surface area (Å²) in [5, 5.41) is 0. The Hall–Kier alpha value is -2.56. The summed E-state index contributed by atoms with van der Waals surface area (Å²) >= 11 is 0. The van der Waals surface area contributed by atoms with E-state index in [1.165, 1.54) is 46.8 Å². The second-order valence-electron chi connectivity index (χ2n) is 6.10. The zero-order chi connectivity index (χ0) is 20.9. The molecular weight excluding hydrogens is 408 g/mol. The number of hydrogen-bond donors (Lipinski definition) is 0. The molecule has 156 valence electrons. The molecule has 1 fully saturated rings. The van der Waals surface area contributed by atoms with Gasteiger partial charge >= 0.3 is 12.6 Å². The van der Waals surface area contributed by atoms with E-state index in [1.54, 1.807) is 6.07 Å². The zero-order valence-electron chi connectivity index (χ0n) is 15.3. The average Bonchev–Trinajstić information content (AvgIpc) is 2.73. The van der Waals surface area contributed by atoms with Crippen LogP contribution in [0.1, 0.15) is 15.9 Å². The Morgan fingerprint density at radius 2 is 1.72 bits per heavy atom. The summed E-state index contributed by atoms with van der Waals surface area (Å²) in [4.78, 5) is 12.3. The standard InChI is InChI=1S/C19H19F2NO6S/c20-19(21)28-17-4-2-1-3-15(17)13-27-18(23)14-5-7-16(8-6-14)29(24,25)22-9-11-26-12-10-22/h1-8,19H,9-13H2. The quantitative estimate of drug-likeness (QED) is 0.632. The van der Waals surface area contributed by atoms with Crippen LogP contribution in [0.2, 0.25) is 0 Å². The molecule has 2 aromatic carbocycles. The highest BCUT2D eigenvalue weighted by molar-refractivity contribution is 7.89. The van der Waals surface area contributed by atoms with E-state index in [2.05, 4.69) is 4.74 Å². The highest BCUT2D eigenvalue weighted by Crippen LogP contribution is 2.22. The van der Waals surface area contributed by atoms with Crippen LogP contribution in [0.4, 0.5) is 8.78 Å². The molecule has 0 N–H and O–H groups in total. The van der Waals surface area contributed by atoms with Crippen LogP contribution in [-0.4, -0.2) is 51.6 Å². The summed E-state index contributed by atoms with van der Waals surface area (Å²) in [5.74, 6) is -0.797. The third-order valence-electron chi connectivity index (χ3n) is 4.25. The number of rotatable bonds is 7. The first-order chi connectivity index (χ1) is 13.9. The van der Waals surface area contributed by atoms with E-state index in [0.29, 0.717) is 13.2 Å². The van der Waals surface area contributed by atoms with E-state index < -0.39 is 22.6 Å². The minimum absolute atomic E-state index is 0.0617. The van der Waals surface area contributed by atoms with Crippen molar-refractivity contribution in [3.63, 3.8) is 0 Å². The monoisotopic (exact) mass is 427 g/mol. The number of ether oxygens (including phenoxy) is 3. The smallest absolute Gasteiger partial charge is 0.387 e. The number of para-hydroxylation sites is 1. The van der Waals surface area contributed by atoms with Crippen LogP contribution in [0.5, 0.6) is 5.75 Å². The van der Waals surface area contributed by atoms with E-state index in [1.807, 2.05) is 0 Å². The molecule has 1 saturated heterocycles. The summed E-state index contributed by atoms with van der Waals surface area (Å²) in [5.41, 5.74) is 0.422. The Labute approximate surface area is 166 Å². The van der Waals surface area contributed by atoms with Gasteiger partial charge in [-0.25, -0.2) is 13.2 Å². The van der Waals surface area contributed by atoms with E-state index in [-0.39, 0.29) is 41.5 Å². The van der Waals surface area contributed by atoms with Crippen molar-refractivity contribution in [3.05, 3.63) is 59.7 Å². The molecule has 1 heterocycles. The van der Waals surface area contributed by atoms with Gasteiger partial charge in [0.1, 0.15) is 12.4 Å². The first-order valence-corrected chi connectivity index (χ1v) is 10.2. The number of sulfonamides is 1. The lowest BCUT2D eigenvalue weighted by Crippen LogP contribution is -2.40. The van der Waals surface area contributed by atoms with E-state index in [9.17, 15) is 22.0 Å². The SMILES string of the molecule is O=C(OCc1ccccc1OC(F)F)c1ccc(S(=O)(=O)N2CCOCC2)cc1. The topological polar surface area (TPSA) is 82.1 Å². The number of carbonyl (C=O) groups is 1. The molecule has 3 rings (SSSR count). The lowest BCUT2D eigenvalue weighted by atomic mass is 10.2. The van der Waals surface area contributed by atoms with Gasteiger partial charge in [0, 0.05) is 18.7 Å². The van der Waals surface area contributed by atoms with Crippen molar-refractivity contribution in [1.29, 1.82) is 0 Å². The molecule has 29 heavy (non-hydrogen) atoms. The number of carbonyl (C=O) groups excluding carboxylic acids is 1. The van der Waals surface area contributed by atoms with Gasteiger partial charge in [0.05, 0.1) is 23.7 Å². The second kappa shape index (κ2) is 9.29. The molecule has 7 nitrogen and oxygen atoms in total. The maximum Gasteiger partial charge on any atom is 0.387 e. The highest BCUT2D eigenvalue weighted by atomic mass is 32.2. The predicted molar refractivity (Wildman–Crippen MR) is 98.2 cm³/mol. The number of nitrogens with zero attached hydrogens (tertiary/aromatic N) is 1. The molecular formula is C19H19F2NO6S. The fraction of sp³-hybridized carbons (Fsp3) is 0.316. The third-order valence-corrected chi connectivity index (χ3v) is 6.16. The van der Waals surface area contributed by atoms with Crippen molar-refractivity contribution in [1.82, 2.24) is 4.31 Å². The molecule has 0 saturated carbocycles. The molecule has 0 radical (unpaired) electrons. The van der Waals surface area contributed by atoms with E-state index >= 15 is 0 Å². The van der Waals surface area contributed by atoms with Gasteiger partial charge in [0.15, 0.2) is 0 Å². The molecule has 0 unspecified atom stereocenters. The number of benzene rings is 2. The van der Waals surface area contributed by atoms with E-state index in [0.717, 1.165) is 0 Å². The van der Waals surface area contributed by atoms with Gasteiger partial charge < -0.3 is 14.2 Å². The number of alkyl halides is 2. The van der Waals surface area contributed by atoms with Crippen molar-refractivity contribution in [2.45, 2.75) is 18.1 Å². The lowest BCUT2D eigenvalue weighted by Gasteiger charge is -2.26. The van der Waals surface area contributed by atoms with Crippen molar-refractivity contribution in [2.24, 2.45) is 0 Å². The Morgan fingerprint density at radius 1 is 1.07 bits per heavy atom. The molecule has 0 amide bonds. The molecule has 1 aliphatic rings. The average molecular weight is 427 g/mol. The van der Waals surface area contributed by atoms with Crippen LogP contribution >= 0.6 is 0 Å². The maximum atomic E-state index is 12.6. The van der Waals surface area contributed by atoms with Gasteiger partial charge in [0.2, 0.25) is 10.0 Å². The van der Waals surface area contributed by atoms with Crippen LogP contribution in [0.3, 0.4) is 0 Å². The van der Waals surface area contributed by atoms with Crippen molar-refractivity contribution in [2.75, 3.05) is 26.3 Å². The van der Waals surface area contributed by atoms with Crippen LogP contribution in [0.15, 0.2) is 53.4 Å². The number of hydrogen-bond acceptors (Lipinski definition) is 6. The van der Waals surface area contributed by atoms with E-state index in [4.69, 9.17) is 9.47 Å². The fourth-order valence-electron chi connectivity index (χ4n) is 2.76.